The van der Waals surface area contributed by atoms with Gasteiger partial charge in [-0.2, -0.15) is 0 Å². The number of rotatable bonds is 6. The molecule has 2 aromatic rings. The predicted molar refractivity (Wildman–Crippen MR) is 95.3 cm³/mol. The van der Waals surface area contributed by atoms with E-state index in [1.54, 1.807) is 11.1 Å². The molecular weight excluding hydrogens is 342 g/mol. The fourth-order valence-corrected chi connectivity index (χ4v) is 4.88. The van der Waals surface area contributed by atoms with Crippen LogP contribution in [0.15, 0.2) is 40.2 Å². The normalized spacial score (nSPS) is 18.7. The monoisotopic (exact) mass is 363 g/mol. The molecule has 3 heteroatoms. The molecule has 1 aliphatic carbocycles. The van der Waals surface area contributed by atoms with Crippen LogP contribution in [-0.4, -0.2) is 12.6 Å². The van der Waals surface area contributed by atoms with Gasteiger partial charge in [-0.25, -0.2) is 0 Å². The summed E-state index contributed by atoms with van der Waals surface area (Å²) >= 11 is 5.44. The highest BCUT2D eigenvalue weighted by Gasteiger charge is 2.29. The van der Waals surface area contributed by atoms with Crippen molar-refractivity contribution < 1.29 is 0 Å². The largest absolute Gasteiger partial charge is 0.313 e. The maximum Gasteiger partial charge on any atom is 0.0285 e. The van der Waals surface area contributed by atoms with Crippen molar-refractivity contribution in [2.75, 3.05) is 6.54 Å². The molecule has 1 aromatic carbocycles. The molecule has 0 fully saturated rings. The van der Waals surface area contributed by atoms with Crippen molar-refractivity contribution in [1.29, 1.82) is 0 Å². The van der Waals surface area contributed by atoms with E-state index < -0.39 is 0 Å². The van der Waals surface area contributed by atoms with Gasteiger partial charge in [0.25, 0.3) is 0 Å². The molecule has 21 heavy (non-hydrogen) atoms. The van der Waals surface area contributed by atoms with Crippen LogP contribution in [0.3, 0.4) is 0 Å². The van der Waals surface area contributed by atoms with Crippen molar-refractivity contribution >= 4 is 27.3 Å². The fourth-order valence-electron chi connectivity index (χ4n) is 3.37. The first-order chi connectivity index (χ1) is 10.3. The van der Waals surface area contributed by atoms with Gasteiger partial charge in [-0.3, -0.25) is 0 Å². The molecular formula is C18H22BrNS. The number of halogens is 1. The smallest absolute Gasteiger partial charge is 0.0285 e. The Kier molecular flexibility index (Phi) is 5.15. The minimum absolute atomic E-state index is 0.555. The summed E-state index contributed by atoms with van der Waals surface area (Å²) in [6, 6.07) is 11.8. The average Bonchev–Trinajstić information content (AvgIpc) is 3.09. The summed E-state index contributed by atoms with van der Waals surface area (Å²) in [5, 5.41) is 5.99. The number of benzene rings is 1. The third-order valence-electron chi connectivity index (χ3n) is 4.36. The minimum atomic E-state index is 0.555. The van der Waals surface area contributed by atoms with E-state index in [4.69, 9.17) is 0 Å². The fraction of sp³-hybridized carbons (Fsp3) is 0.444. The van der Waals surface area contributed by atoms with Gasteiger partial charge in [-0.05, 0) is 65.4 Å². The van der Waals surface area contributed by atoms with E-state index >= 15 is 0 Å². The Morgan fingerprint density at radius 3 is 3.00 bits per heavy atom. The van der Waals surface area contributed by atoms with Crippen molar-refractivity contribution in [2.24, 2.45) is 0 Å². The maximum atomic E-state index is 3.80. The lowest BCUT2D eigenvalue weighted by Gasteiger charge is -2.25. The molecule has 0 amide bonds. The number of aryl methyl sites for hydroxylation is 1. The molecule has 0 bridgehead atoms. The molecule has 1 heterocycles. The van der Waals surface area contributed by atoms with E-state index in [0.717, 1.165) is 13.0 Å². The molecule has 0 aliphatic heterocycles. The Balaban J connectivity index is 1.79. The Hall–Kier alpha value is -0.640. The number of hydrogen-bond acceptors (Lipinski definition) is 2. The van der Waals surface area contributed by atoms with Crippen LogP contribution in [-0.2, 0) is 12.8 Å². The summed E-state index contributed by atoms with van der Waals surface area (Å²) in [4.78, 5) is 1.47. The summed E-state index contributed by atoms with van der Waals surface area (Å²) < 4.78 is 1.21. The highest BCUT2D eigenvalue weighted by atomic mass is 79.9. The van der Waals surface area contributed by atoms with E-state index in [1.807, 2.05) is 11.3 Å². The van der Waals surface area contributed by atoms with Gasteiger partial charge in [-0.15, -0.1) is 11.3 Å². The van der Waals surface area contributed by atoms with Gasteiger partial charge in [0.2, 0.25) is 0 Å². The third kappa shape index (κ3) is 3.58. The van der Waals surface area contributed by atoms with Crippen LogP contribution in [0, 0.1) is 0 Å². The second-order valence-corrected chi connectivity index (χ2v) is 7.75. The number of fused-ring (bicyclic) bond motifs is 1. The highest BCUT2D eigenvalue weighted by molar-refractivity contribution is 9.10. The lowest BCUT2D eigenvalue weighted by atomic mass is 9.90. The first-order valence-electron chi connectivity index (χ1n) is 7.82. The Labute approximate surface area is 139 Å². The van der Waals surface area contributed by atoms with Gasteiger partial charge in [-0.1, -0.05) is 31.2 Å². The van der Waals surface area contributed by atoms with Crippen LogP contribution in [0.1, 0.15) is 41.7 Å². The zero-order valence-corrected chi connectivity index (χ0v) is 14.8. The SMILES string of the molecule is CCCNC(Cc1cc(Br)cs1)C1CCc2ccccc21. The molecule has 1 aromatic heterocycles. The first kappa shape index (κ1) is 15.3. The molecule has 0 saturated carbocycles. The zero-order valence-electron chi connectivity index (χ0n) is 12.4. The van der Waals surface area contributed by atoms with Gasteiger partial charge < -0.3 is 5.32 Å². The summed E-state index contributed by atoms with van der Waals surface area (Å²) in [5.41, 5.74) is 3.12. The van der Waals surface area contributed by atoms with Crippen molar-refractivity contribution in [2.45, 2.75) is 44.6 Å². The van der Waals surface area contributed by atoms with Crippen molar-refractivity contribution in [3.63, 3.8) is 0 Å². The standard InChI is InChI=1S/C18H22BrNS/c1-2-9-20-18(11-15-10-14(19)12-21-15)17-8-7-13-5-3-4-6-16(13)17/h3-6,10,12,17-18,20H,2,7-9,11H2,1H3. The van der Waals surface area contributed by atoms with Crippen LogP contribution >= 0.6 is 27.3 Å². The van der Waals surface area contributed by atoms with Gasteiger partial charge in [0.05, 0.1) is 0 Å². The van der Waals surface area contributed by atoms with E-state index in [2.05, 4.69) is 63.9 Å². The maximum absolute atomic E-state index is 3.80. The zero-order chi connectivity index (χ0) is 14.7. The Morgan fingerprint density at radius 1 is 1.38 bits per heavy atom. The van der Waals surface area contributed by atoms with Crippen LogP contribution in [0.2, 0.25) is 0 Å². The summed E-state index contributed by atoms with van der Waals surface area (Å²) in [7, 11) is 0. The number of thiophene rings is 1. The van der Waals surface area contributed by atoms with E-state index in [0.29, 0.717) is 12.0 Å². The first-order valence-corrected chi connectivity index (χ1v) is 9.49. The van der Waals surface area contributed by atoms with Gasteiger partial charge in [0.1, 0.15) is 0 Å². The molecule has 2 atom stereocenters. The van der Waals surface area contributed by atoms with Crippen LogP contribution in [0.5, 0.6) is 0 Å². The second-order valence-electron chi connectivity index (χ2n) is 5.84. The molecule has 0 saturated heterocycles. The van der Waals surface area contributed by atoms with Crippen LogP contribution in [0.25, 0.3) is 0 Å². The Bertz CT molecular complexity index is 592. The third-order valence-corrected chi connectivity index (χ3v) is 6.08. The summed E-state index contributed by atoms with van der Waals surface area (Å²) in [6.45, 7) is 3.35. The highest BCUT2D eigenvalue weighted by Crippen LogP contribution is 2.37. The lowest BCUT2D eigenvalue weighted by Crippen LogP contribution is -2.36. The second kappa shape index (κ2) is 7.08. The van der Waals surface area contributed by atoms with Gasteiger partial charge in [0, 0.05) is 26.7 Å². The molecule has 0 radical (unpaired) electrons. The Morgan fingerprint density at radius 2 is 2.24 bits per heavy atom. The van der Waals surface area contributed by atoms with Crippen molar-refractivity contribution in [1.82, 2.24) is 5.32 Å². The summed E-state index contributed by atoms with van der Waals surface area (Å²) in [5.74, 6) is 0.661. The topological polar surface area (TPSA) is 12.0 Å². The molecule has 2 unspecified atom stereocenters. The molecule has 1 aliphatic rings. The van der Waals surface area contributed by atoms with E-state index in [1.165, 1.54) is 28.6 Å². The van der Waals surface area contributed by atoms with Gasteiger partial charge >= 0.3 is 0 Å². The summed E-state index contributed by atoms with van der Waals surface area (Å²) in [6.07, 6.45) is 4.85. The van der Waals surface area contributed by atoms with Crippen LogP contribution in [0.4, 0.5) is 0 Å². The molecule has 3 rings (SSSR count). The molecule has 1 N–H and O–H groups in total. The van der Waals surface area contributed by atoms with E-state index in [-0.39, 0.29) is 0 Å². The number of hydrogen-bond donors (Lipinski definition) is 1. The molecule has 0 spiro atoms. The van der Waals surface area contributed by atoms with Crippen molar-refractivity contribution in [3.8, 4) is 0 Å². The average molecular weight is 364 g/mol. The van der Waals surface area contributed by atoms with Crippen molar-refractivity contribution in [3.05, 3.63) is 56.2 Å². The minimum Gasteiger partial charge on any atom is -0.313 e. The predicted octanol–water partition coefficient (Wildman–Crippen LogP) is 5.15. The molecule has 112 valence electrons. The number of nitrogens with one attached hydrogen (secondary N) is 1. The van der Waals surface area contributed by atoms with E-state index in [9.17, 15) is 0 Å². The molecule has 1 nitrogen and oxygen atoms in total. The van der Waals surface area contributed by atoms with Crippen LogP contribution < -0.4 is 5.32 Å². The van der Waals surface area contributed by atoms with Gasteiger partial charge in [0.15, 0.2) is 0 Å². The quantitative estimate of drug-likeness (QED) is 0.747. The lowest BCUT2D eigenvalue weighted by molar-refractivity contribution is 0.427.